The molecule has 1 rings (SSSR count). The molecule has 0 unspecified atom stereocenters. The first-order chi connectivity index (χ1) is 7.58. The molecule has 1 saturated carbocycles. The Bertz CT molecular complexity index is 277. The standard InChI is InChI=1S/C11H20N2O2S/c1-2-13(7-4-8-14)10(15)11(9(12)16)5-3-6-11/h14H,2-8H2,1H3,(H2,12,16). The second-order valence-electron chi connectivity index (χ2n) is 4.26. The highest BCUT2D eigenvalue weighted by molar-refractivity contribution is 7.80. The highest BCUT2D eigenvalue weighted by atomic mass is 32.1. The second-order valence-corrected chi connectivity index (χ2v) is 4.70. The predicted molar refractivity (Wildman–Crippen MR) is 67.0 cm³/mol. The van der Waals surface area contributed by atoms with E-state index in [2.05, 4.69) is 0 Å². The highest BCUT2D eigenvalue weighted by Crippen LogP contribution is 2.42. The summed E-state index contributed by atoms with van der Waals surface area (Å²) < 4.78 is 0. The van der Waals surface area contributed by atoms with Crippen molar-refractivity contribution in [2.75, 3.05) is 19.7 Å². The molecule has 0 radical (unpaired) electrons. The van der Waals surface area contributed by atoms with E-state index >= 15 is 0 Å². The Balaban J connectivity index is 2.69. The molecule has 1 aliphatic carbocycles. The quantitative estimate of drug-likeness (QED) is 0.674. The fraction of sp³-hybridized carbons (Fsp3) is 0.818. The van der Waals surface area contributed by atoms with Gasteiger partial charge in [0, 0.05) is 19.7 Å². The molecule has 0 spiro atoms. The summed E-state index contributed by atoms with van der Waals surface area (Å²) in [4.78, 5) is 14.4. The fourth-order valence-corrected chi connectivity index (χ4v) is 2.35. The number of carbonyl (C=O) groups is 1. The van der Waals surface area contributed by atoms with E-state index in [1.54, 1.807) is 4.90 Å². The Hall–Kier alpha value is -0.680. The number of hydrogen-bond acceptors (Lipinski definition) is 3. The van der Waals surface area contributed by atoms with E-state index < -0.39 is 5.41 Å². The number of hydrogen-bond donors (Lipinski definition) is 2. The van der Waals surface area contributed by atoms with Crippen LogP contribution in [0.15, 0.2) is 0 Å². The average molecular weight is 244 g/mol. The molecular weight excluding hydrogens is 224 g/mol. The summed E-state index contributed by atoms with van der Waals surface area (Å²) in [5.74, 6) is 0.0437. The van der Waals surface area contributed by atoms with Crippen LogP contribution < -0.4 is 5.73 Å². The van der Waals surface area contributed by atoms with Gasteiger partial charge >= 0.3 is 0 Å². The smallest absolute Gasteiger partial charge is 0.235 e. The molecule has 16 heavy (non-hydrogen) atoms. The van der Waals surface area contributed by atoms with Gasteiger partial charge in [0.1, 0.15) is 0 Å². The molecule has 0 aromatic heterocycles. The summed E-state index contributed by atoms with van der Waals surface area (Å²) in [6, 6.07) is 0. The second kappa shape index (κ2) is 5.59. The van der Waals surface area contributed by atoms with E-state index in [4.69, 9.17) is 23.1 Å². The lowest BCUT2D eigenvalue weighted by Gasteiger charge is -2.42. The van der Waals surface area contributed by atoms with Gasteiger partial charge in [-0.05, 0) is 26.2 Å². The van der Waals surface area contributed by atoms with Crippen molar-refractivity contribution in [1.82, 2.24) is 4.90 Å². The van der Waals surface area contributed by atoms with Crippen LogP contribution in [-0.2, 0) is 4.79 Å². The Morgan fingerprint density at radius 2 is 2.19 bits per heavy atom. The number of nitrogens with zero attached hydrogens (tertiary/aromatic N) is 1. The number of amides is 1. The first-order valence-electron chi connectivity index (χ1n) is 5.78. The summed E-state index contributed by atoms with van der Waals surface area (Å²) in [6.07, 6.45) is 3.17. The van der Waals surface area contributed by atoms with Crippen LogP contribution in [0.1, 0.15) is 32.6 Å². The molecule has 0 aliphatic heterocycles. The van der Waals surface area contributed by atoms with E-state index in [9.17, 15) is 4.79 Å². The number of nitrogens with two attached hydrogens (primary N) is 1. The van der Waals surface area contributed by atoms with Crippen LogP contribution >= 0.6 is 12.2 Å². The van der Waals surface area contributed by atoms with Gasteiger partial charge in [0.15, 0.2) is 0 Å². The Morgan fingerprint density at radius 1 is 1.56 bits per heavy atom. The van der Waals surface area contributed by atoms with Crippen LogP contribution in [0.4, 0.5) is 0 Å². The van der Waals surface area contributed by atoms with Crippen molar-refractivity contribution in [3.8, 4) is 0 Å². The lowest BCUT2D eigenvalue weighted by atomic mass is 9.67. The summed E-state index contributed by atoms with van der Waals surface area (Å²) in [7, 11) is 0. The topological polar surface area (TPSA) is 66.6 Å². The van der Waals surface area contributed by atoms with Gasteiger partial charge in [-0.3, -0.25) is 4.79 Å². The Kier molecular flexibility index (Phi) is 4.68. The number of thiocarbonyl (C=S) groups is 1. The van der Waals surface area contributed by atoms with Crippen molar-refractivity contribution in [2.24, 2.45) is 11.1 Å². The molecule has 5 heteroatoms. The Labute approximate surface area is 102 Å². The molecule has 0 atom stereocenters. The van der Waals surface area contributed by atoms with Gasteiger partial charge in [-0.25, -0.2) is 0 Å². The highest BCUT2D eigenvalue weighted by Gasteiger charge is 2.48. The van der Waals surface area contributed by atoms with E-state index in [1.165, 1.54) is 0 Å². The van der Waals surface area contributed by atoms with Crippen LogP contribution in [0.2, 0.25) is 0 Å². The molecule has 1 amide bonds. The third-order valence-electron chi connectivity index (χ3n) is 3.34. The molecule has 1 aliphatic rings. The van der Waals surface area contributed by atoms with Crippen molar-refractivity contribution in [3.63, 3.8) is 0 Å². The van der Waals surface area contributed by atoms with Crippen molar-refractivity contribution < 1.29 is 9.90 Å². The largest absolute Gasteiger partial charge is 0.396 e. The van der Waals surface area contributed by atoms with Crippen LogP contribution in [-0.4, -0.2) is 40.6 Å². The predicted octanol–water partition coefficient (Wildman–Crippen LogP) is 0.674. The minimum atomic E-state index is -0.583. The van der Waals surface area contributed by atoms with Gasteiger partial charge in [-0.15, -0.1) is 0 Å². The number of carbonyl (C=O) groups excluding carboxylic acids is 1. The van der Waals surface area contributed by atoms with Crippen LogP contribution in [0.3, 0.4) is 0 Å². The maximum atomic E-state index is 12.3. The molecule has 0 saturated heterocycles. The molecule has 0 heterocycles. The maximum Gasteiger partial charge on any atom is 0.235 e. The van der Waals surface area contributed by atoms with Gasteiger partial charge in [-0.1, -0.05) is 18.6 Å². The molecule has 0 bridgehead atoms. The zero-order valence-corrected chi connectivity index (χ0v) is 10.6. The Morgan fingerprint density at radius 3 is 2.50 bits per heavy atom. The molecule has 4 nitrogen and oxygen atoms in total. The molecule has 0 aromatic carbocycles. The molecular formula is C11H20N2O2S. The van der Waals surface area contributed by atoms with Crippen LogP contribution in [0.25, 0.3) is 0 Å². The molecule has 1 fully saturated rings. The zero-order valence-electron chi connectivity index (χ0n) is 9.74. The molecule has 92 valence electrons. The zero-order chi connectivity index (χ0) is 12.2. The fourth-order valence-electron chi connectivity index (χ4n) is 2.06. The monoisotopic (exact) mass is 244 g/mol. The first kappa shape index (κ1) is 13.4. The van der Waals surface area contributed by atoms with Crippen molar-refractivity contribution >= 4 is 23.1 Å². The molecule has 0 aromatic rings. The van der Waals surface area contributed by atoms with Crippen molar-refractivity contribution in [3.05, 3.63) is 0 Å². The van der Waals surface area contributed by atoms with Crippen LogP contribution in [0.5, 0.6) is 0 Å². The average Bonchev–Trinajstić information content (AvgIpc) is 2.16. The van der Waals surface area contributed by atoms with Crippen molar-refractivity contribution in [2.45, 2.75) is 32.6 Å². The minimum Gasteiger partial charge on any atom is -0.396 e. The SMILES string of the molecule is CCN(CCCO)C(=O)C1(C(N)=S)CCC1. The molecule has 3 N–H and O–H groups in total. The third kappa shape index (κ3) is 2.35. The first-order valence-corrected chi connectivity index (χ1v) is 6.19. The van der Waals surface area contributed by atoms with Gasteiger partial charge in [0.05, 0.1) is 10.4 Å². The van der Waals surface area contributed by atoms with E-state index in [0.717, 1.165) is 19.3 Å². The summed E-state index contributed by atoms with van der Waals surface area (Å²) >= 11 is 5.02. The number of rotatable bonds is 6. The minimum absolute atomic E-state index is 0.0437. The van der Waals surface area contributed by atoms with E-state index in [1.807, 2.05) is 6.92 Å². The van der Waals surface area contributed by atoms with E-state index in [0.29, 0.717) is 24.5 Å². The lowest BCUT2D eigenvalue weighted by Crippen LogP contribution is -2.54. The van der Waals surface area contributed by atoms with Gasteiger partial charge < -0.3 is 15.7 Å². The van der Waals surface area contributed by atoms with Crippen molar-refractivity contribution in [1.29, 1.82) is 0 Å². The maximum absolute atomic E-state index is 12.3. The van der Waals surface area contributed by atoms with Crippen LogP contribution in [0, 0.1) is 5.41 Å². The number of aliphatic hydroxyl groups excluding tert-OH is 1. The number of aliphatic hydroxyl groups is 1. The lowest BCUT2D eigenvalue weighted by molar-refractivity contribution is -0.141. The van der Waals surface area contributed by atoms with E-state index in [-0.39, 0.29) is 12.5 Å². The third-order valence-corrected chi connectivity index (χ3v) is 3.73. The summed E-state index contributed by atoms with van der Waals surface area (Å²) in [6.45, 7) is 3.25. The van der Waals surface area contributed by atoms with Gasteiger partial charge in [-0.2, -0.15) is 0 Å². The van der Waals surface area contributed by atoms with Gasteiger partial charge in [0.2, 0.25) is 5.91 Å². The normalized spacial score (nSPS) is 17.6. The summed E-state index contributed by atoms with van der Waals surface area (Å²) in [5.41, 5.74) is 5.11. The summed E-state index contributed by atoms with van der Waals surface area (Å²) in [5, 5.41) is 8.79. The van der Waals surface area contributed by atoms with Gasteiger partial charge in [0.25, 0.3) is 0 Å².